The number of alkyl halides is 1. The summed E-state index contributed by atoms with van der Waals surface area (Å²) in [6, 6.07) is 17.1. The Bertz CT molecular complexity index is 530. The van der Waals surface area contributed by atoms with Gasteiger partial charge in [-0.25, -0.2) is 0 Å². The van der Waals surface area contributed by atoms with Crippen molar-refractivity contribution < 1.29 is 0 Å². The van der Waals surface area contributed by atoms with Gasteiger partial charge in [0.05, 0.1) is 5.38 Å². The summed E-state index contributed by atoms with van der Waals surface area (Å²) in [5, 5.41) is 0.0298. The Morgan fingerprint density at radius 3 is 2.05 bits per heavy atom. The van der Waals surface area contributed by atoms with Gasteiger partial charge in [-0.15, -0.1) is 11.6 Å². The molecule has 0 aliphatic carbocycles. The maximum absolute atomic E-state index is 6.53. The quantitative estimate of drug-likeness (QED) is 0.540. The average molecular weight is 352 g/mol. The predicted octanol–water partition coefficient (Wildman–Crippen LogP) is 6.49. The lowest BCUT2D eigenvalue weighted by Gasteiger charge is -2.13. The van der Waals surface area contributed by atoms with E-state index in [1.807, 2.05) is 0 Å². The van der Waals surface area contributed by atoms with Gasteiger partial charge in [-0.3, -0.25) is 0 Å². The first-order valence-electron chi connectivity index (χ1n) is 7.08. The van der Waals surface area contributed by atoms with E-state index in [1.165, 1.54) is 23.1 Å². The zero-order valence-electron chi connectivity index (χ0n) is 11.9. The fourth-order valence-electron chi connectivity index (χ4n) is 2.21. The lowest BCUT2D eigenvalue weighted by Crippen LogP contribution is -1.97. The third-order valence-corrected chi connectivity index (χ3v) is 4.74. The van der Waals surface area contributed by atoms with Gasteiger partial charge in [0.2, 0.25) is 0 Å². The zero-order valence-corrected chi connectivity index (χ0v) is 14.3. The van der Waals surface area contributed by atoms with E-state index in [9.17, 15) is 0 Å². The normalized spacial score (nSPS) is 14.0. The Kier molecular flexibility index (Phi) is 5.68. The van der Waals surface area contributed by atoms with E-state index in [2.05, 4.69) is 78.3 Å². The molecule has 106 valence electrons. The van der Waals surface area contributed by atoms with Crippen LogP contribution in [0.15, 0.2) is 53.0 Å². The first-order chi connectivity index (χ1) is 9.60. The van der Waals surface area contributed by atoms with E-state index in [-0.39, 0.29) is 5.38 Å². The minimum Gasteiger partial charge on any atom is -0.117 e. The maximum atomic E-state index is 6.53. The minimum absolute atomic E-state index is 0.0298. The minimum atomic E-state index is 0.0298. The van der Waals surface area contributed by atoms with E-state index < -0.39 is 0 Å². The molecule has 2 rings (SSSR count). The van der Waals surface area contributed by atoms with Crippen molar-refractivity contribution in [3.8, 4) is 0 Å². The van der Waals surface area contributed by atoms with E-state index in [4.69, 9.17) is 11.6 Å². The molecule has 0 aliphatic rings. The average Bonchev–Trinajstić information content (AvgIpc) is 2.49. The van der Waals surface area contributed by atoms with Crippen LogP contribution in [0.2, 0.25) is 0 Å². The van der Waals surface area contributed by atoms with Gasteiger partial charge >= 0.3 is 0 Å². The summed E-state index contributed by atoms with van der Waals surface area (Å²) >= 11 is 9.99. The van der Waals surface area contributed by atoms with Crippen molar-refractivity contribution >= 4 is 27.5 Å². The molecular weight excluding hydrogens is 332 g/mol. The summed E-state index contributed by atoms with van der Waals surface area (Å²) in [5.41, 5.74) is 3.85. The molecule has 0 heterocycles. The van der Waals surface area contributed by atoms with Gasteiger partial charge in [0.25, 0.3) is 0 Å². The lowest BCUT2D eigenvalue weighted by atomic mass is 9.96. The molecule has 0 bridgehead atoms. The van der Waals surface area contributed by atoms with Gasteiger partial charge < -0.3 is 0 Å². The molecule has 0 saturated carbocycles. The highest BCUT2D eigenvalue weighted by molar-refractivity contribution is 9.10. The summed E-state index contributed by atoms with van der Waals surface area (Å²) < 4.78 is 1.10. The summed E-state index contributed by atoms with van der Waals surface area (Å²) in [5.74, 6) is 0.615. The Hall–Kier alpha value is -0.790. The number of benzene rings is 2. The van der Waals surface area contributed by atoms with E-state index in [0.29, 0.717) is 5.92 Å². The molecule has 2 atom stereocenters. The number of hydrogen-bond donors (Lipinski definition) is 0. The summed E-state index contributed by atoms with van der Waals surface area (Å²) in [6.45, 7) is 4.48. The van der Waals surface area contributed by atoms with Gasteiger partial charge in [0.1, 0.15) is 0 Å². The number of halogens is 2. The molecule has 2 aromatic rings. The second kappa shape index (κ2) is 7.28. The fraction of sp³-hybridized carbons (Fsp3) is 0.333. The Balaban J connectivity index is 2.05. The largest absolute Gasteiger partial charge is 0.117 e. The lowest BCUT2D eigenvalue weighted by molar-refractivity contribution is 0.732. The van der Waals surface area contributed by atoms with Crippen molar-refractivity contribution in [3.05, 3.63) is 69.7 Å². The van der Waals surface area contributed by atoms with Crippen LogP contribution in [-0.2, 0) is 6.42 Å². The van der Waals surface area contributed by atoms with Crippen LogP contribution in [0, 0.1) is 0 Å². The Labute approximate surface area is 135 Å². The van der Waals surface area contributed by atoms with Crippen LogP contribution < -0.4 is 0 Å². The standard InChI is InChI=1S/C18H20BrCl/c1-3-13(2)15-6-8-16(9-7-15)18(20)12-14-4-10-17(19)11-5-14/h4-11,13,18H,3,12H2,1-2H3. The summed E-state index contributed by atoms with van der Waals surface area (Å²) in [4.78, 5) is 0. The molecule has 0 saturated heterocycles. The van der Waals surface area contributed by atoms with Crippen LogP contribution in [-0.4, -0.2) is 0 Å². The van der Waals surface area contributed by atoms with Gasteiger partial charge in [0, 0.05) is 4.47 Å². The summed E-state index contributed by atoms with van der Waals surface area (Å²) in [6.07, 6.45) is 2.03. The first-order valence-corrected chi connectivity index (χ1v) is 8.31. The molecule has 0 fully saturated rings. The molecule has 0 N–H and O–H groups in total. The van der Waals surface area contributed by atoms with E-state index in [0.717, 1.165) is 10.9 Å². The van der Waals surface area contributed by atoms with E-state index in [1.54, 1.807) is 0 Å². The smallest absolute Gasteiger partial charge is 0.0625 e. The van der Waals surface area contributed by atoms with E-state index >= 15 is 0 Å². The molecular formula is C18H20BrCl. The third kappa shape index (κ3) is 4.10. The Morgan fingerprint density at radius 2 is 1.50 bits per heavy atom. The molecule has 0 aromatic heterocycles. The highest BCUT2D eigenvalue weighted by atomic mass is 79.9. The Morgan fingerprint density at radius 1 is 0.950 bits per heavy atom. The SMILES string of the molecule is CCC(C)c1ccc(C(Cl)Cc2ccc(Br)cc2)cc1. The van der Waals surface area contributed by atoms with Gasteiger partial charge in [-0.1, -0.05) is 66.2 Å². The number of rotatable bonds is 5. The van der Waals surface area contributed by atoms with Gasteiger partial charge in [0.15, 0.2) is 0 Å². The molecule has 2 aromatic carbocycles. The van der Waals surface area contributed by atoms with Crippen molar-refractivity contribution in [3.63, 3.8) is 0 Å². The highest BCUT2D eigenvalue weighted by Gasteiger charge is 2.10. The van der Waals surface area contributed by atoms with Crippen LogP contribution in [0.3, 0.4) is 0 Å². The third-order valence-electron chi connectivity index (χ3n) is 3.81. The second-order valence-electron chi connectivity index (χ2n) is 5.27. The zero-order chi connectivity index (χ0) is 14.5. The highest BCUT2D eigenvalue weighted by Crippen LogP contribution is 2.27. The molecule has 0 amide bonds. The van der Waals surface area contributed by atoms with Crippen LogP contribution in [0.4, 0.5) is 0 Å². The molecule has 0 radical (unpaired) electrons. The van der Waals surface area contributed by atoms with Gasteiger partial charge in [-0.05, 0) is 47.6 Å². The van der Waals surface area contributed by atoms with Crippen molar-refractivity contribution in [2.24, 2.45) is 0 Å². The maximum Gasteiger partial charge on any atom is 0.0625 e. The van der Waals surface area contributed by atoms with Crippen molar-refractivity contribution in [2.45, 2.75) is 38.0 Å². The molecule has 0 aliphatic heterocycles. The molecule has 20 heavy (non-hydrogen) atoms. The van der Waals surface area contributed by atoms with Crippen molar-refractivity contribution in [1.82, 2.24) is 0 Å². The topological polar surface area (TPSA) is 0 Å². The fourth-order valence-corrected chi connectivity index (χ4v) is 2.80. The van der Waals surface area contributed by atoms with Crippen LogP contribution in [0.5, 0.6) is 0 Å². The molecule has 2 heteroatoms. The number of hydrogen-bond acceptors (Lipinski definition) is 0. The van der Waals surface area contributed by atoms with Crippen molar-refractivity contribution in [1.29, 1.82) is 0 Å². The predicted molar refractivity (Wildman–Crippen MR) is 91.6 cm³/mol. The van der Waals surface area contributed by atoms with Crippen LogP contribution in [0.1, 0.15) is 48.3 Å². The van der Waals surface area contributed by atoms with Crippen LogP contribution >= 0.6 is 27.5 Å². The van der Waals surface area contributed by atoms with Crippen LogP contribution in [0.25, 0.3) is 0 Å². The van der Waals surface area contributed by atoms with Crippen molar-refractivity contribution in [2.75, 3.05) is 0 Å². The molecule has 0 nitrogen and oxygen atoms in total. The first kappa shape index (κ1) is 15.6. The van der Waals surface area contributed by atoms with Gasteiger partial charge in [-0.2, -0.15) is 0 Å². The molecule has 2 unspecified atom stereocenters. The molecule has 0 spiro atoms. The summed E-state index contributed by atoms with van der Waals surface area (Å²) in [7, 11) is 0. The second-order valence-corrected chi connectivity index (χ2v) is 6.72. The monoisotopic (exact) mass is 350 g/mol.